The molecule has 1 aromatic carbocycles. The molecule has 0 aliphatic carbocycles. The van der Waals surface area contributed by atoms with Gasteiger partial charge in [-0.2, -0.15) is 0 Å². The van der Waals surface area contributed by atoms with Crippen LogP contribution in [0.3, 0.4) is 0 Å². The fourth-order valence-corrected chi connectivity index (χ4v) is 1.91. The molecule has 1 amide bonds. The molecule has 0 spiro atoms. The van der Waals surface area contributed by atoms with Crippen LogP contribution in [0.15, 0.2) is 22.7 Å². The highest BCUT2D eigenvalue weighted by Gasteiger charge is 2.19. The summed E-state index contributed by atoms with van der Waals surface area (Å²) in [5, 5.41) is 9.14. The first-order valence-corrected chi connectivity index (χ1v) is 6.09. The van der Waals surface area contributed by atoms with Crippen LogP contribution in [-0.2, 0) is 4.79 Å². The van der Waals surface area contributed by atoms with Gasteiger partial charge in [-0.05, 0) is 41.1 Å². The van der Waals surface area contributed by atoms with Crippen molar-refractivity contribution < 1.29 is 14.7 Å². The fourth-order valence-electron chi connectivity index (χ4n) is 1.32. The second-order valence-electron chi connectivity index (χ2n) is 3.34. The molecule has 0 atom stereocenters. The molecule has 0 saturated heterocycles. The first kappa shape index (κ1) is 14.0. The quantitative estimate of drug-likeness (QED) is 0.928. The van der Waals surface area contributed by atoms with E-state index in [1.54, 1.807) is 19.1 Å². The minimum Gasteiger partial charge on any atom is -0.480 e. The Balaban J connectivity index is 3.01. The van der Waals surface area contributed by atoms with Gasteiger partial charge in [0.05, 0.1) is 5.56 Å². The van der Waals surface area contributed by atoms with E-state index in [1.165, 1.54) is 11.0 Å². The summed E-state index contributed by atoms with van der Waals surface area (Å²) in [7, 11) is 0. The molecule has 0 aliphatic heterocycles. The van der Waals surface area contributed by atoms with E-state index < -0.39 is 5.97 Å². The molecule has 4 nitrogen and oxygen atoms in total. The van der Waals surface area contributed by atoms with E-state index in [1.807, 2.05) is 0 Å². The van der Waals surface area contributed by atoms with Crippen molar-refractivity contribution in [2.45, 2.75) is 6.92 Å². The van der Waals surface area contributed by atoms with Crippen LogP contribution >= 0.6 is 27.5 Å². The molecule has 1 N–H and O–H groups in total. The number of hydrogen-bond donors (Lipinski definition) is 1. The number of carboxylic acid groups (broad SMARTS) is 1. The Morgan fingerprint density at radius 2 is 2.12 bits per heavy atom. The lowest BCUT2D eigenvalue weighted by atomic mass is 10.2. The van der Waals surface area contributed by atoms with Gasteiger partial charge in [0.1, 0.15) is 6.54 Å². The van der Waals surface area contributed by atoms with Crippen LogP contribution in [0.5, 0.6) is 0 Å². The summed E-state index contributed by atoms with van der Waals surface area (Å²) in [6.07, 6.45) is 0. The molecule has 17 heavy (non-hydrogen) atoms. The highest BCUT2D eigenvalue weighted by molar-refractivity contribution is 9.10. The Bertz CT molecular complexity index is 450. The largest absolute Gasteiger partial charge is 0.480 e. The number of amides is 1. The molecule has 1 aromatic rings. The molecular weight excluding hydrogens is 309 g/mol. The zero-order chi connectivity index (χ0) is 13.0. The van der Waals surface area contributed by atoms with Crippen LogP contribution in [0.2, 0.25) is 5.02 Å². The van der Waals surface area contributed by atoms with Gasteiger partial charge in [0, 0.05) is 16.0 Å². The first-order chi connectivity index (χ1) is 7.95. The van der Waals surface area contributed by atoms with E-state index in [9.17, 15) is 9.59 Å². The van der Waals surface area contributed by atoms with Crippen molar-refractivity contribution in [1.29, 1.82) is 0 Å². The van der Waals surface area contributed by atoms with Gasteiger partial charge in [0.25, 0.3) is 5.91 Å². The van der Waals surface area contributed by atoms with Gasteiger partial charge in [-0.25, -0.2) is 0 Å². The van der Waals surface area contributed by atoms with Crippen molar-refractivity contribution in [3.63, 3.8) is 0 Å². The maximum Gasteiger partial charge on any atom is 0.323 e. The molecule has 0 saturated carbocycles. The number of likely N-dealkylation sites (N-methyl/N-ethyl adjacent to an activating group) is 1. The number of carbonyl (C=O) groups excluding carboxylic acids is 1. The number of rotatable bonds is 4. The lowest BCUT2D eigenvalue weighted by Gasteiger charge is -2.19. The standard InChI is InChI=1S/C11H11BrClNO3/c1-2-14(6-10(15)16)11(17)8-5-7(13)3-4-9(8)12/h3-5H,2,6H2,1H3,(H,15,16). The number of carboxylic acids is 1. The van der Waals surface area contributed by atoms with E-state index >= 15 is 0 Å². The maximum atomic E-state index is 12.1. The van der Waals surface area contributed by atoms with Gasteiger partial charge >= 0.3 is 5.97 Å². The smallest absolute Gasteiger partial charge is 0.323 e. The van der Waals surface area contributed by atoms with E-state index in [4.69, 9.17) is 16.7 Å². The molecule has 0 radical (unpaired) electrons. The van der Waals surface area contributed by atoms with Gasteiger partial charge in [-0.1, -0.05) is 11.6 Å². The second-order valence-corrected chi connectivity index (χ2v) is 4.63. The topological polar surface area (TPSA) is 57.6 Å². The Morgan fingerprint density at radius 3 is 2.65 bits per heavy atom. The Hall–Kier alpha value is -1.07. The predicted octanol–water partition coefficient (Wildman–Crippen LogP) is 2.65. The number of carbonyl (C=O) groups is 2. The molecule has 0 fully saturated rings. The summed E-state index contributed by atoms with van der Waals surface area (Å²) in [4.78, 5) is 23.9. The average Bonchev–Trinajstić information content (AvgIpc) is 2.28. The van der Waals surface area contributed by atoms with Crippen LogP contribution in [0, 0.1) is 0 Å². The molecule has 0 bridgehead atoms. The SMILES string of the molecule is CCN(CC(=O)O)C(=O)c1cc(Cl)ccc1Br. The van der Waals surface area contributed by atoms with Gasteiger partial charge < -0.3 is 10.0 Å². The number of hydrogen-bond acceptors (Lipinski definition) is 2. The van der Waals surface area contributed by atoms with Gasteiger partial charge in [-0.3, -0.25) is 9.59 Å². The van der Waals surface area contributed by atoms with Crippen LogP contribution in [0.25, 0.3) is 0 Å². The first-order valence-electron chi connectivity index (χ1n) is 4.91. The van der Waals surface area contributed by atoms with E-state index in [2.05, 4.69) is 15.9 Å². The Labute approximate surface area is 112 Å². The number of halogens is 2. The van der Waals surface area contributed by atoms with Gasteiger partial charge in [0.2, 0.25) is 0 Å². The van der Waals surface area contributed by atoms with Crippen molar-refractivity contribution in [3.05, 3.63) is 33.3 Å². The van der Waals surface area contributed by atoms with E-state index in [-0.39, 0.29) is 12.5 Å². The summed E-state index contributed by atoms with van der Waals surface area (Å²) >= 11 is 9.05. The minimum absolute atomic E-state index is 0.323. The zero-order valence-corrected chi connectivity index (χ0v) is 11.5. The van der Waals surface area contributed by atoms with E-state index in [0.29, 0.717) is 21.6 Å². The number of nitrogens with zero attached hydrogens (tertiary/aromatic N) is 1. The van der Waals surface area contributed by atoms with Crippen LogP contribution in [0.1, 0.15) is 17.3 Å². The summed E-state index contributed by atoms with van der Waals surface area (Å²) in [6, 6.07) is 4.82. The fraction of sp³-hybridized carbons (Fsp3) is 0.273. The minimum atomic E-state index is -1.04. The third-order valence-electron chi connectivity index (χ3n) is 2.15. The van der Waals surface area contributed by atoms with Crippen molar-refractivity contribution in [2.24, 2.45) is 0 Å². The third kappa shape index (κ3) is 3.71. The van der Waals surface area contributed by atoms with Crippen molar-refractivity contribution in [1.82, 2.24) is 4.90 Å². The molecule has 0 aliphatic rings. The summed E-state index contributed by atoms with van der Waals surface area (Å²) in [6.45, 7) is 1.72. The van der Waals surface area contributed by atoms with E-state index in [0.717, 1.165) is 0 Å². The van der Waals surface area contributed by atoms with Crippen molar-refractivity contribution in [2.75, 3.05) is 13.1 Å². The lowest BCUT2D eigenvalue weighted by molar-refractivity contribution is -0.137. The second kappa shape index (κ2) is 6.02. The summed E-state index contributed by atoms with van der Waals surface area (Å²) in [5.74, 6) is -1.40. The predicted molar refractivity (Wildman–Crippen MR) is 68.4 cm³/mol. The van der Waals surface area contributed by atoms with Gasteiger partial charge in [-0.15, -0.1) is 0 Å². The highest BCUT2D eigenvalue weighted by Crippen LogP contribution is 2.22. The van der Waals surface area contributed by atoms with Crippen LogP contribution < -0.4 is 0 Å². The molecule has 92 valence electrons. The Kier molecular flexibility index (Phi) is 4.96. The number of benzene rings is 1. The van der Waals surface area contributed by atoms with Crippen molar-refractivity contribution in [3.8, 4) is 0 Å². The van der Waals surface area contributed by atoms with Crippen LogP contribution in [-0.4, -0.2) is 35.0 Å². The molecule has 1 rings (SSSR count). The molecule has 0 aromatic heterocycles. The average molecular weight is 321 g/mol. The third-order valence-corrected chi connectivity index (χ3v) is 3.08. The lowest BCUT2D eigenvalue weighted by Crippen LogP contribution is -2.35. The number of aliphatic carboxylic acids is 1. The molecule has 6 heteroatoms. The molecule has 0 heterocycles. The summed E-state index contributed by atoms with van der Waals surface area (Å²) < 4.78 is 0.593. The van der Waals surface area contributed by atoms with Gasteiger partial charge in [0.15, 0.2) is 0 Å². The highest BCUT2D eigenvalue weighted by atomic mass is 79.9. The monoisotopic (exact) mass is 319 g/mol. The maximum absolute atomic E-state index is 12.1. The molecular formula is C11H11BrClNO3. The summed E-state index contributed by atoms with van der Waals surface area (Å²) in [5.41, 5.74) is 0.362. The molecule has 0 unspecified atom stereocenters. The zero-order valence-electron chi connectivity index (χ0n) is 9.11. The van der Waals surface area contributed by atoms with Crippen molar-refractivity contribution >= 4 is 39.4 Å². The van der Waals surface area contributed by atoms with Crippen LogP contribution in [0.4, 0.5) is 0 Å². The Morgan fingerprint density at radius 1 is 1.47 bits per heavy atom. The normalized spacial score (nSPS) is 10.1.